The highest BCUT2D eigenvalue weighted by Gasteiger charge is 2.38. The van der Waals surface area contributed by atoms with Gasteiger partial charge in [-0.1, -0.05) is 17.7 Å². The van der Waals surface area contributed by atoms with E-state index in [0.29, 0.717) is 22.2 Å². The minimum Gasteiger partial charge on any atom is -0.310 e. The summed E-state index contributed by atoms with van der Waals surface area (Å²) in [4.78, 5) is 32.4. The van der Waals surface area contributed by atoms with E-state index in [0.717, 1.165) is 25.1 Å². The lowest BCUT2D eigenvalue weighted by molar-refractivity contribution is -0.141. The van der Waals surface area contributed by atoms with Gasteiger partial charge in [0.05, 0.1) is 11.1 Å². The summed E-state index contributed by atoms with van der Waals surface area (Å²) in [5.74, 6) is 0.755. The predicted octanol–water partition coefficient (Wildman–Crippen LogP) is 4.12. The number of H-pyrrole nitrogens is 1. The van der Waals surface area contributed by atoms with Gasteiger partial charge in [0.15, 0.2) is 11.3 Å². The molecule has 1 aliphatic carbocycles. The van der Waals surface area contributed by atoms with E-state index < -0.39 is 23.5 Å². The van der Waals surface area contributed by atoms with Crippen molar-refractivity contribution in [1.82, 2.24) is 34.7 Å². The van der Waals surface area contributed by atoms with Crippen LogP contribution in [0.15, 0.2) is 35.5 Å². The fraction of sp³-hybridized carbons (Fsp3) is 0.318. The van der Waals surface area contributed by atoms with Crippen LogP contribution in [-0.2, 0) is 6.18 Å². The average Bonchev–Trinajstić information content (AvgIpc) is 3.18. The predicted molar refractivity (Wildman–Crippen MR) is 118 cm³/mol. The Labute approximate surface area is 200 Å². The number of alkyl halides is 3. The molecule has 0 aliphatic heterocycles. The zero-order chi connectivity index (χ0) is 24.9. The quantitative estimate of drug-likeness (QED) is 0.446. The highest BCUT2D eigenvalue weighted by Crippen LogP contribution is 2.46. The van der Waals surface area contributed by atoms with Crippen LogP contribution in [0, 0.1) is 11.3 Å². The first-order chi connectivity index (χ1) is 16.7. The summed E-state index contributed by atoms with van der Waals surface area (Å²) in [6, 6.07) is 3.41. The molecule has 4 aromatic rings. The van der Waals surface area contributed by atoms with Gasteiger partial charge in [0.2, 0.25) is 0 Å². The molecule has 0 unspecified atom stereocenters. The molecule has 0 saturated heterocycles. The van der Waals surface area contributed by atoms with Crippen molar-refractivity contribution < 1.29 is 13.2 Å². The van der Waals surface area contributed by atoms with Crippen molar-refractivity contribution in [1.29, 1.82) is 5.26 Å². The smallest absolute Gasteiger partial charge is 0.310 e. The molecule has 1 N–H and O–H groups in total. The van der Waals surface area contributed by atoms with Crippen molar-refractivity contribution in [2.45, 2.75) is 43.8 Å². The second kappa shape index (κ2) is 8.42. The second-order valence-electron chi connectivity index (χ2n) is 8.26. The average molecular weight is 501 g/mol. The maximum Gasteiger partial charge on any atom is 0.433 e. The maximum absolute atomic E-state index is 13.0. The first-order valence-electron chi connectivity index (χ1n) is 10.6. The van der Waals surface area contributed by atoms with E-state index in [1.54, 1.807) is 6.92 Å². The van der Waals surface area contributed by atoms with Crippen LogP contribution in [0.5, 0.6) is 0 Å². The number of aromatic amines is 1. The monoisotopic (exact) mass is 500 g/mol. The normalized spacial score (nSPS) is 18.7. The highest BCUT2D eigenvalue weighted by atomic mass is 35.5. The molecule has 4 heterocycles. The van der Waals surface area contributed by atoms with Gasteiger partial charge in [-0.25, -0.2) is 19.6 Å². The summed E-state index contributed by atoms with van der Waals surface area (Å²) < 4.78 is 40.1. The first kappa shape index (κ1) is 22.9. The Bertz CT molecular complexity index is 1510. The number of nitriles is 1. The van der Waals surface area contributed by atoms with E-state index in [1.807, 2.05) is 6.07 Å². The fourth-order valence-corrected chi connectivity index (χ4v) is 4.30. The third-order valence-corrected chi connectivity index (χ3v) is 6.40. The van der Waals surface area contributed by atoms with Crippen molar-refractivity contribution in [2.75, 3.05) is 0 Å². The molecule has 178 valence electrons. The molecule has 5 rings (SSSR count). The first-order valence-corrected chi connectivity index (χ1v) is 11.0. The van der Waals surface area contributed by atoms with Crippen LogP contribution in [0.1, 0.15) is 66.2 Å². The Morgan fingerprint density at radius 1 is 1.17 bits per heavy atom. The maximum atomic E-state index is 13.0. The number of halogens is 4. The zero-order valence-electron chi connectivity index (χ0n) is 18.1. The summed E-state index contributed by atoms with van der Waals surface area (Å²) in [6.07, 6.45) is 1.08. The van der Waals surface area contributed by atoms with Crippen LogP contribution >= 0.6 is 11.6 Å². The molecule has 0 radical (unpaired) electrons. The molecule has 4 aromatic heterocycles. The lowest BCUT2D eigenvalue weighted by atomic mass is 9.72. The topological polar surface area (TPSA) is 126 Å². The largest absolute Gasteiger partial charge is 0.433 e. The number of hydrogen-bond acceptors (Lipinski definition) is 7. The summed E-state index contributed by atoms with van der Waals surface area (Å²) in [7, 11) is 0. The minimum absolute atomic E-state index is 0.0154. The fourth-order valence-electron chi connectivity index (χ4n) is 4.20. The van der Waals surface area contributed by atoms with E-state index in [9.17, 15) is 23.2 Å². The van der Waals surface area contributed by atoms with Gasteiger partial charge >= 0.3 is 6.18 Å². The van der Waals surface area contributed by atoms with E-state index in [2.05, 4.69) is 30.0 Å². The summed E-state index contributed by atoms with van der Waals surface area (Å²) in [5.41, 5.74) is -1.10. The van der Waals surface area contributed by atoms with Crippen LogP contribution in [-0.4, -0.2) is 34.7 Å². The number of rotatable bonds is 4. The molecule has 9 nitrogen and oxygen atoms in total. The summed E-state index contributed by atoms with van der Waals surface area (Å²) in [5, 5.41) is 14.2. The van der Waals surface area contributed by atoms with Gasteiger partial charge in [0.25, 0.3) is 5.56 Å². The van der Waals surface area contributed by atoms with Gasteiger partial charge in [-0.05, 0) is 31.4 Å². The van der Waals surface area contributed by atoms with Gasteiger partial charge in [-0.3, -0.25) is 9.78 Å². The number of aromatic nitrogens is 7. The zero-order valence-corrected chi connectivity index (χ0v) is 18.8. The Hall–Kier alpha value is -3.85. The number of nitrogens with zero attached hydrogens (tertiary/aromatic N) is 7. The van der Waals surface area contributed by atoms with Crippen molar-refractivity contribution in [3.05, 3.63) is 74.7 Å². The molecule has 0 aromatic carbocycles. The van der Waals surface area contributed by atoms with Gasteiger partial charge in [0, 0.05) is 30.4 Å². The van der Waals surface area contributed by atoms with Crippen molar-refractivity contribution in [2.24, 2.45) is 0 Å². The van der Waals surface area contributed by atoms with Crippen molar-refractivity contribution in [3.8, 4) is 6.07 Å². The molecule has 1 saturated carbocycles. The van der Waals surface area contributed by atoms with Crippen LogP contribution in [0.2, 0.25) is 5.02 Å². The van der Waals surface area contributed by atoms with Crippen LogP contribution in [0.4, 0.5) is 13.2 Å². The Morgan fingerprint density at radius 3 is 2.46 bits per heavy atom. The minimum atomic E-state index is -4.56. The molecule has 3 atom stereocenters. The summed E-state index contributed by atoms with van der Waals surface area (Å²) >= 11 is 5.88. The van der Waals surface area contributed by atoms with Gasteiger partial charge < -0.3 is 4.98 Å². The standard InChI is InChI=1S/C22H16ClF3N8O/c1-10(11-2-5-16(28-7-11)22(24,25)26)34-20-17(15(6-27)33-34)21(35)32-19(31-20)14-4-3-13(14)18-29-8-12(23)9-30-18/h2,5,7-10,13-14H,3-4H2,1H3,(H,31,32,35)/t10-,13-,14-/m1/s1. The molecule has 0 amide bonds. The molecular weight excluding hydrogens is 485 g/mol. The van der Waals surface area contributed by atoms with E-state index >= 15 is 0 Å². The van der Waals surface area contributed by atoms with Crippen molar-refractivity contribution in [3.63, 3.8) is 0 Å². The van der Waals surface area contributed by atoms with Crippen molar-refractivity contribution >= 4 is 22.6 Å². The second-order valence-corrected chi connectivity index (χ2v) is 8.69. The third-order valence-electron chi connectivity index (χ3n) is 6.21. The molecule has 1 aliphatic rings. The number of pyridine rings is 1. The van der Waals surface area contributed by atoms with Crippen LogP contribution in [0.3, 0.4) is 0 Å². The number of nitrogens with one attached hydrogen (secondary N) is 1. The number of fused-ring (bicyclic) bond motifs is 1. The Balaban J connectivity index is 1.56. The lowest BCUT2D eigenvalue weighted by Crippen LogP contribution is -2.28. The van der Waals surface area contributed by atoms with Gasteiger partial charge in [0.1, 0.15) is 28.8 Å². The van der Waals surface area contributed by atoms with E-state index in [4.69, 9.17) is 11.6 Å². The molecule has 13 heteroatoms. The van der Waals surface area contributed by atoms with Gasteiger partial charge in [-0.15, -0.1) is 0 Å². The van der Waals surface area contributed by atoms with E-state index in [-0.39, 0.29) is 28.6 Å². The summed E-state index contributed by atoms with van der Waals surface area (Å²) in [6.45, 7) is 1.67. The molecule has 1 fully saturated rings. The van der Waals surface area contributed by atoms with Crippen LogP contribution < -0.4 is 5.56 Å². The van der Waals surface area contributed by atoms with Gasteiger partial charge in [-0.2, -0.15) is 23.5 Å². The SMILES string of the molecule is C[C@H](c1ccc(C(F)(F)F)nc1)n1nc(C#N)c2c(=O)[nH]c([C@@H]3CC[C@H]3c3ncc(Cl)cn3)nc21. The highest BCUT2D eigenvalue weighted by molar-refractivity contribution is 6.30. The molecule has 35 heavy (non-hydrogen) atoms. The molecular formula is C22H16ClF3N8O. The molecule has 0 bridgehead atoms. The molecule has 0 spiro atoms. The third kappa shape index (κ3) is 4.01. The number of hydrogen-bond donors (Lipinski definition) is 1. The Kier molecular flexibility index (Phi) is 5.52. The Morgan fingerprint density at radius 2 is 1.89 bits per heavy atom. The lowest BCUT2D eigenvalue weighted by Gasteiger charge is -2.34. The van der Waals surface area contributed by atoms with Crippen LogP contribution in [0.25, 0.3) is 11.0 Å². The van der Waals surface area contributed by atoms with E-state index in [1.165, 1.54) is 23.1 Å².